The van der Waals surface area contributed by atoms with Crippen molar-refractivity contribution < 1.29 is 19.1 Å². The molecule has 278 valence electrons. The van der Waals surface area contributed by atoms with Gasteiger partial charge in [-0.3, -0.25) is 0 Å². The maximum absolute atomic E-state index is 11.5. The van der Waals surface area contributed by atoms with E-state index in [0.29, 0.717) is 26.1 Å². The van der Waals surface area contributed by atoms with Crippen molar-refractivity contribution in [3.8, 4) is 0 Å². The largest absolute Gasteiger partial charge is 0.462 e. The predicted molar refractivity (Wildman–Crippen MR) is 227 cm³/mol. The van der Waals surface area contributed by atoms with Crippen LogP contribution in [0.5, 0.6) is 0 Å². The highest BCUT2D eigenvalue weighted by atomic mass is 16.5. The Hall–Kier alpha value is -6.66. The van der Waals surface area contributed by atoms with E-state index in [1.54, 1.807) is 0 Å². The summed E-state index contributed by atoms with van der Waals surface area (Å²) in [7, 11) is 0. The summed E-state index contributed by atoms with van der Waals surface area (Å²) in [5.74, 6) is -0.832. The lowest BCUT2D eigenvalue weighted by molar-refractivity contribution is -0.138. The summed E-state index contributed by atoms with van der Waals surface area (Å²) in [5.41, 5.74) is 12.7. The van der Waals surface area contributed by atoms with Crippen molar-refractivity contribution in [3.05, 3.63) is 205 Å². The third-order valence-electron chi connectivity index (χ3n) is 9.05. The molecule has 0 heterocycles. The summed E-state index contributed by atoms with van der Waals surface area (Å²) >= 11 is 0. The van der Waals surface area contributed by atoms with Crippen LogP contribution in [0.3, 0.4) is 0 Å². The van der Waals surface area contributed by atoms with Gasteiger partial charge in [-0.25, -0.2) is 9.59 Å². The van der Waals surface area contributed by atoms with Gasteiger partial charge < -0.3 is 19.3 Å². The van der Waals surface area contributed by atoms with Crippen molar-refractivity contribution in [2.24, 2.45) is 0 Å². The highest BCUT2D eigenvalue weighted by Crippen LogP contribution is 2.36. The molecule has 0 fully saturated rings. The number of nitrogens with zero attached hydrogens (tertiary/aromatic N) is 2. The van der Waals surface area contributed by atoms with Crippen LogP contribution in [0.1, 0.15) is 34.7 Å². The zero-order valence-corrected chi connectivity index (χ0v) is 31.9. The smallest absolute Gasteiger partial charge is 0.330 e. The van der Waals surface area contributed by atoms with Crippen molar-refractivity contribution in [2.45, 2.75) is 33.6 Å². The third-order valence-corrected chi connectivity index (χ3v) is 9.05. The molecule has 0 N–H and O–H groups in total. The first kappa shape index (κ1) is 39.5. The summed E-state index contributed by atoms with van der Waals surface area (Å²) < 4.78 is 10.3. The van der Waals surface area contributed by atoms with Gasteiger partial charge in [-0.2, -0.15) is 0 Å². The quantitative estimate of drug-likeness (QED) is 0.0540. The first-order valence-corrected chi connectivity index (χ1v) is 18.3. The first-order chi connectivity index (χ1) is 26.7. The fourth-order valence-electron chi connectivity index (χ4n) is 6.19. The molecule has 0 aliphatic rings. The molecule has 6 nitrogen and oxygen atoms in total. The summed E-state index contributed by atoms with van der Waals surface area (Å²) in [6, 6.07) is 42.1. The maximum atomic E-state index is 11.5. The van der Waals surface area contributed by atoms with Gasteiger partial charge >= 0.3 is 11.9 Å². The third kappa shape index (κ3) is 10.9. The lowest BCUT2D eigenvalue weighted by Gasteiger charge is -2.26. The Bertz CT molecular complexity index is 2180. The molecule has 6 heteroatoms. The second-order valence-electron chi connectivity index (χ2n) is 13.1. The Morgan fingerprint density at radius 2 is 1.04 bits per heavy atom. The fourth-order valence-corrected chi connectivity index (χ4v) is 6.19. The molecule has 0 spiro atoms. The van der Waals surface area contributed by atoms with Crippen LogP contribution in [0.15, 0.2) is 177 Å². The Labute approximate surface area is 325 Å². The Morgan fingerprint density at radius 1 is 0.564 bits per heavy atom. The molecule has 5 rings (SSSR count). The van der Waals surface area contributed by atoms with Crippen LogP contribution in [0.4, 0.5) is 28.4 Å². The fraction of sp³-hybridized carbons (Fsp3) is 0.143. The molecule has 0 aliphatic carbocycles. The highest BCUT2D eigenvalue weighted by molar-refractivity contribution is 5.82. The second kappa shape index (κ2) is 19.4. The minimum absolute atomic E-state index is 0.301. The van der Waals surface area contributed by atoms with Crippen LogP contribution in [0, 0.1) is 13.8 Å². The number of ether oxygens (including phenoxy) is 2. The SMILES string of the molecule is C=CC(=O)OCCc1ccc(N(/C(C)=C/C=C(\C=C)c2ccc(N(c3ccc(CCOC(=O)C=C)cc3)c3cccc(C)c3)cc2)c2cccc(C)c2)cc1. The summed E-state index contributed by atoms with van der Waals surface area (Å²) in [6.07, 6.45) is 9.70. The summed E-state index contributed by atoms with van der Waals surface area (Å²) in [4.78, 5) is 27.4. The van der Waals surface area contributed by atoms with Gasteiger partial charge in [0.15, 0.2) is 0 Å². The Morgan fingerprint density at radius 3 is 1.53 bits per heavy atom. The van der Waals surface area contributed by atoms with Crippen LogP contribution < -0.4 is 9.80 Å². The van der Waals surface area contributed by atoms with Gasteiger partial charge in [-0.1, -0.05) is 92.6 Å². The van der Waals surface area contributed by atoms with E-state index in [4.69, 9.17) is 9.47 Å². The molecule has 0 aromatic heterocycles. The Balaban J connectivity index is 1.40. The molecule has 0 radical (unpaired) electrons. The zero-order chi connectivity index (χ0) is 39.2. The summed E-state index contributed by atoms with van der Waals surface area (Å²) in [6.45, 7) is 18.0. The lowest BCUT2D eigenvalue weighted by Crippen LogP contribution is -2.14. The van der Waals surface area contributed by atoms with Crippen molar-refractivity contribution >= 4 is 45.9 Å². The molecule has 0 atom stereocenters. The number of hydrogen-bond donors (Lipinski definition) is 0. The van der Waals surface area contributed by atoms with Gasteiger partial charge in [0.2, 0.25) is 0 Å². The van der Waals surface area contributed by atoms with Gasteiger partial charge in [-0.15, -0.1) is 0 Å². The normalized spacial score (nSPS) is 11.3. The number of anilines is 5. The van der Waals surface area contributed by atoms with Crippen molar-refractivity contribution in [1.29, 1.82) is 0 Å². The van der Waals surface area contributed by atoms with Crippen molar-refractivity contribution in [1.82, 2.24) is 0 Å². The van der Waals surface area contributed by atoms with Gasteiger partial charge in [0.25, 0.3) is 0 Å². The number of aryl methyl sites for hydroxylation is 2. The number of allylic oxidation sites excluding steroid dienone is 5. The molecule has 0 amide bonds. The Kier molecular flexibility index (Phi) is 14.0. The molecular formula is C49H48N2O4. The van der Waals surface area contributed by atoms with E-state index < -0.39 is 11.9 Å². The number of esters is 2. The van der Waals surface area contributed by atoms with E-state index in [2.05, 4.69) is 184 Å². The topological polar surface area (TPSA) is 59.1 Å². The van der Waals surface area contributed by atoms with E-state index in [1.807, 2.05) is 6.08 Å². The van der Waals surface area contributed by atoms with Gasteiger partial charge in [0.05, 0.1) is 13.2 Å². The molecular weight excluding hydrogens is 681 g/mol. The monoisotopic (exact) mass is 728 g/mol. The minimum Gasteiger partial charge on any atom is -0.462 e. The molecule has 0 bridgehead atoms. The van der Waals surface area contributed by atoms with E-state index in [9.17, 15) is 9.59 Å². The van der Waals surface area contributed by atoms with Crippen molar-refractivity contribution in [3.63, 3.8) is 0 Å². The molecule has 0 aliphatic heterocycles. The molecule has 5 aromatic carbocycles. The lowest BCUT2D eigenvalue weighted by atomic mass is 10.0. The summed E-state index contributed by atoms with van der Waals surface area (Å²) in [5, 5.41) is 0. The predicted octanol–water partition coefficient (Wildman–Crippen LogP) is 11.6. The molecule has 0 saturated carbocycles. The first-order valence-electron chi connectivity index (χ1n) is 18.3. The van der Waals surface area contributed by atoms with Gasteiger partial charge in [-0.05, 0) is 121 Å². The average molecular weight is 729 g/mol. The second-order valence-corrected chi connectivity index (χ2v) is 13.1. The van der Waals surface area contributed by atoms with Crippen LogP contribution in [0.25, 0.3) is 5.57 Å². The zero-order valence-electron chi connectivity index (χ0n) is 31.9. The van der Waals surface area contributed by atoms with Crippen LogP contribution >= 0.6 is 0 Å². The number of carbonyl (C=O) groups excluding carboxylic acids is 2. The number of rotatable bonds is 17. The number of carbonyl (C=O) groups is 2. The van der Waals surface area contributed by atoms with Gasteiger partial charge in [0, 0.05) is 59.1 Å². The van der Waals surface area contributed by atoms with Crippen LogP contribution in [-0.4, -0.2) is 25.2 Å². The van der Waals surface area contributed by atoms with E-state index >= 15 is 0 Å². The van der Waals surface area contributed by atoms with Crippen LogP contribution in [-0.2, 0) is 31.9 Å². The maximum Gasteiger partial charge on any atom is 0.330 e. The standard InChI is InChI=1S/C49H48N2O4/c1-7-41(21-16-38(6)50(46-14-10-12-36(4)34-46)43-24-17-39(18-25-43)30-32-54-48(52)8-2)42-22-28-45(29-23-42)51(47-15-11-13-37(5)35-47)44-26-19-40(20-27-44)31-33-55-49(53)9-3/h7-29,34-35H,1-3,30-33H2,4-6H3/b38-16+,41-21+. The average Bonchev–Trinajstić information content (AvgIpc) is 3.20. The molecule has 0 saturated heterocycles. The van der Waals surface area contributed by atoms with Crippen LogP contribution in [0.2, 0.25) is 0 Å². The molecule has 55 heavy (non-hydrogen) atoms. The highest BCUT2D eigenvalue weighted by Gasteiger charge is 2.15. The number of hydrogen-bond acceptors (Lipinski definition) is 6. The number of benzene rings is 5. The molecule has 0 unspecified atom stereocenters. The molecule has 5 aromatic rings. The van der Waals surface area contributed by atoms with Gasteiger partial charge in [0.1, 0.15) is 0 Å². The van der Waals surface area contributed by atoms with E-state index in [0.717, 1.165) is 56.4 Å². The van der Waals surface area contributed by atoms with E-state index in [-0.39, 0.29) is 0 Å². The van der Waals surface area contributed by atoms with E-state index in [1.165, 1.54) is 23.3 Å². The minimum atomic E-state index is -0.416. The van der Waals surface area contributed by atoms with Crippen molar-refractivity contribution in [2.75, 3.05) is 23.0 Å².